The quantitative estimate of drug-likeness (QED) is 0.546. The Labute approximate surface area is 144 Å². The molecule has 1 heterocycles. The summed E-state index contributed by atoms with van der Waals surface area (Å²) in [6.07, 6.45) is 7.44. The molecule has 1 aliphatic rings. The highest BCUT2D eigenvalue weighted by Gasteiger charge is 2.17. The van der Waals surface area contributed by atoms with E-state index in [4.69, 9.17) is 4.98 Å². The fraction of sp³-hybridized carbons (Fsp3) is 0.261. The predicted octanol–water partition coefficient (Wildman–Crippen LogP) is 6.38. The zero-order chi connectivity index (χ0) is 16.4. The lowest BCUT2D eigenvalue weighted by Gasteiger charge is -2.12. The smallest absolute Gasteiger partial charge is 0.0705 e. The van der Waals surface area contributed by atoms with Crippen molar-refractivity contribution in [2.75, 3.05) is 0 Å². The summed E-state index contributed by atoms with van der Waals surface area (Å²) < 4.78 is 0. The summed E-state index contributed by atoms with van der Waals surface area (Å²) in [7, 11) is 0. The average molecular weight is 313 g/mol. The molecule has 0 unspecified atom stereocenters. The minimum atomic E-state index is 0.754. The van der Waals surface area contributed by atoms with Gasteiger partial charge in [-0.1, -0.05) is 67.4 Å². The lowest BCUT2D eigenvalue weighted by molar-refractivity contribution is 0.723. The number of pyridine rings is 1. The van der Waals surface area contributed by atoms with Crippen LogP contribution in [0.2, 0.25) is 0 Å². The molecule has 0 bridgehead atoms. The van der Waals surface area contributed by atoms with Crippen LogP contribution in [0.4, 0.5) is 0 Å². The van der Waals surface area contributed by atoms with Gasteiger partial charge in [0.25, 0.3) is 0 Å². The molecule has 1 aromatic heterocycles. The van der Waals surface area contributed by atoms with Gasteiger partial charge in [0.1, 0.15) is 0 Å². The topological polar surface area (TPSA) is 12.9 Å². The third-order valence-corrected chi connectivity index (χ3v) is 5.23. The zero-order valence-corrected chi connectivity index (χ0v) is 14.2. The lowest BCUT2D eigenvalue weighted by Crippen LogP contribution is -1.93. The van der Waals surface area contributed by atoms with E-state index in [-0.39, 0.29) is 0 Å². The van der Waals surface area contributed by atoms with Gasteiger partial charge in [-0.05, 0) is 48.4 Å². The van der Waals surface area contributed by atoms with Crippen molar-refractivity contribution in [3.63, 3.8) is 0 Å². The van der Waals surface area contributed by atoms with E-state index in [9.17, 15) is 0 Å². The van der Waals surface area contributed by atoms with Crippen LogP contribution in [0.5, 0.6) is 0 Å². The van der Waals surface area contributed by atoms with Gasteiger partial charge in [-0.25, -0.2) is 0 Å². The molecule has 0 radical (unpaired) electrons. The van der Waals surface area contributed by atoms with E-state index >= 15 is 0 Å². The van der Waals surface area contributed by atoms with Crippen molar-refractivity contribution >= 4 is 0 Å². The number of aromatic nitrogens is 1. The molecule has 0 amide bonds. The highest BCUT2D eigenvalue weighted by atomic mass is 14.7. The van der Waals surface area contributed by atoms with E-state index in [1.54, 1.807) is 0 Å². The van der Waals surface area contributed by atoms with Crippen LogP contribution >= 0.6 is 0 Å². The average Bonchev–Trinajstić information content (AvgIpc) is 3.17. The fourth-order valence-electron chi connectivity index (χ4n) is 3.82. The Bertz CT molecular complexity index is 827. The normalized spacial score (nSPS) is 14.9. The maximum absolute atomic E-state index is 4.71. The van der Waals surface area contributed by atoms with Crippen molar-refractivity contribution in [3.05, 3.63) is 78.0 Å². The summed E-state index contributed by atoms with van der Waals surface area (Å²) in [5, 5.41) is 0. The Morgan fingerprint density at radius 2 is 1.67 bits per heavy atom. The van der Waals surface area contributed by atoms with Gasteiger partial charge >= 0.3 is 0 Å². The van der Waals surface area contributed by atoms with E-state index in [0.29, 0.717) is 0 Å². The standard InChI is InChI=1S/C23H23N/c1-17-7-2-5-12-22(17)23-14-13-21(16-24-23)20-11-6-10-19(15-20)18-8-3-4-9-18/h2,5-7,10-16,18H,3-4,8-9H2,1H3. The summed E-state index contributed by atoms with van der Waals surface area (Å²) in [6.45, 7) is 2.13. The van der Waals surface area contributed by atoms with Gasteiger partial charge in [0.15, 0.2) is 0 Å². The van der Waals surface area contributed by atoms with E-state index in [2.05, 4.69) is 67.6 Å². The zero-order valence-electron chi connectivity index (χ0n) is 14.2. The molecule has 1 aliphatic carbocycles. The molecule has 0 atom stereocenters. The van der Waals surface area contributed by atoms with Gasteiger partial charge in [0.05, 0.1) is 5.69 Å². The Hall–Kier alpha value is -2.41. The largest absolute Gasteiger partial charge is 0.256 e. The van der Waals surface area contributed by atoms with Crippen molar-refractivity contribution in [1.82, 2.24) is 4.98 Å². The Kier molecular flexibility index (Phi) is 4.17. The van der Waals surface area contributed by atoms with Gasteiger partial charge in [-0.15, -0.1) is 0 Å². The first-order chi connectivity index (χ1) is 11.8. The van der Waals surface area contributed by atoms with Crippen molar-refractivity contribution in [1.29, 1.82) is 0 Å². The van der Waals surface area contributed by atoms with E-state index in [1.165, 1.54) is 53.5 Å². The first-order valence-electron chi connectivity index (χ1n) is 8.94. The van der Waals surface area contributed by atoms with Gasteiger partial charge < -0.3 is 0 Å². The monoisotopic (exact) mass is 313 g/mol. The van der Waals surface area contributed by atoms with Crippen LogP contribution in [0.1, 0.15) is 42.7 Å². The van der Waals surface area contributed by atoms with E-state index < -0.39 is 0 Å². The molecule has 0 aliphatic heterocycles. The van der Waals surface area contributed by atoms with Crippen LogP contribution in [0.25, 0.3) is 22.4 Å². The SMILES string of the molecule is Cc1ccccc1-c1ccc(-c2cccc(C3CCCC3)c2)cn1. The summed E-state index contributed by atoms with van der Waals surface area (Å²) in [6, 6.07) is 21.8. The first kappa shape index (κ1) is 15.1. The van der Waals surface area contributed by atoms with Crippen LogP contribution in [-0.4, -0.2) is 4.98 Å². The van der Waals surface area contributed by atoms with Gasteiger partial charge in [0.2, 0.25) is 0 Å². The molecule has 4 rings (SSSR count). The third-order valence-electron chi connectivity index (χ3n) is 5.23. The number of benzene rings is 2. The van der Waals surface area contributed by atoms with Gasteiger partial charge in [0, 0.05) is 17.3 Å². The Morgan fingerprint density at radius 3 is 2.42 bits per heavy atom. The Balaban J connectivity index is 1.63. The molecule has 1 saturated carbocycles. The molecule has 0 spiro atoms. The molecular weight excluding hydrogens is 290 g/mol. The number of hydrogen-bond acceptors (Lipinski definition) is 1. The highest BCUT2D eigenvalue weighted by molar-refractivity contribution is 5.68. The number of aryl methyl sites for hydroxylation is 1. The summed E-state index contributed by atoms with van der Waals surface area (Å²) >= 11 is 0. The highest BCUT2D eigenvalue weighted by Crippen LogP contribution is 2.35. The lowest BCUT2D eigenvalue weighted by atomic mass is 9.94. The van der Waals surface area contributed by atoms with Crippen LogP contribution in [0.15, 0.2) is 66.9 Å². The molecule has 24 heavy (non-hydrogen) atoms. The minimum absolute atomic E-state index is 0.754. The summed E-state index contributed by atoms with van der Waals surface area (Å²) in [4.78, 5) is 4.71. The predicted molar refractivity (Wildman–Crippen MR) is 101 cm³/mol. The molecular formula is C23H23N. The summed E-state index contributed by atoms with van der Waals surface area (Å²) in [5.74, 6) is 0.754. The second-order valence-corrected chi connectivity index (χ2v) is 6.85. The first-order valence-corrected chi connectivity index (χ1v) is 8.94. The molecule has 3 aromatic rings. The second-order valence-electron chi connectivity index (χ2n) is 6.85. The van der Waals surface area contributed by atoms with E-state index in [0.717, 1.165) is 11.6 Å². The molecule has 0 N–H and O–H groups in total. The Morgan fingerprint density at radius 1 is 0.833 bits per heavy atom. The van der Waals surface area contributed by atoms with Crippen LogP contribution in [0, 0.1) is 6.92 Å². The van der Waals surface area contributed by atoms with Crippen molar-refractivity contribution in [2.24, 2.45) is 0 Å². The molecule has 2 aromatic carbocycles. The van der Waals surface area contributed by atoms with E-state index in [1.807, 2.05) is 6.20 Å². The molecule has 120 valence electrons. The number of nitrogens with zero attached hydrogens (tertiary/aromatic N) is 1. The molecule has 0 saturated heterocycles. The number of hydrogen-bond donors (Lipinski definition) is 0. The van der Waals surface area contributed by atoms with Crippen molar-refractivity contribution in [2.45, 2.75) is 38.5 Å². The van der Waals surface area contributed by atoms with Crippen LogP contribution in [-0.2, 0) is 0 Å². The maximum Gasteiger partial charge on any atom is 0.0705 e. The van der Waals surface area contributed by atoms with Crippen molar-refractivity contribution < 1.29 is 0 Å². The molecule has 1 heteroatoms. The van der Waals surface area contributed by atoms with Crippen LogP contribution < -0.4 is 0 Å². The summed E-state index contributed by atoms with van der Waals surface area (Å²) in [5.41, 5.74) is 7.50. The minimum Gasteiger partial charge on any atom is -0.256 e. The van der Waals surface area contributed by atoms with Gasteiger partial charge in [-0.2, -0.15) is 0 Å². The number of rotatable bonds is 3. The fourth-order valence-corrected chi connectivity index (χ4v) is 3.82. The molecule has 1 fully saturated rings. The third kappa shape index (κ3) is 2.99. The maximum atomic E-state index is 4.71. The van der Waals surface area contributed by atoms with Crippen LogP contribution in [0.3, 0.4) is 0 Å². The molecule has 1 nitrogen and oxygen atoms in total. The van der Waals surface area contributed by atoms with Gasteiger partial charge in [-0.3, -0.25) is 4.98 Å². The second kappa shape index (κ2) is 6.60. The van der Waals surface area contributed by atoms with Crippen molar-refractivity contribution in [3.8, 4) is 22.4 Å².